The topological polar surface area (TPSA) is 0 Å². The van der Waals surface area contributed by atoms with Crippen LogP contribution in [0.3, 0.4) is 0 Å². The first kappa shape index (κ1) is 40.0. The number of aryl methyl sites for hydroxylation is 4. The smallest absolute Gasteiger partial charge is 0.0261 e. The van der Waals surface area contributed by atoms with Crippen LogP contribution in [0.2, 0.25) is 0 Å². The van der Waals surface area contributed by atoms with Gasteiger partial charge in [-0.3, -0.25) is 0 Å². The van der Waals surface area contributed by atoms with E-state index in [1.807, 2.05) is 0 Å². The molecule has 254 valence electrons. The normalized spacial score (nSPS) is 11.5. The minimum absolute atomic E-state index is 1.14. The molecule has 0 unspecified atom stereocenters. The average Bonchev–Trinajstić information content (AvgIpc) is 3.04. The number of halogens is 4. The average molecular weight is 883 g/mol. The van der Waals surface area contributed by atoms with E-state index in [9.17, 15) is 0 Å². The molecule has 0 nitrogen and oxygen atoms in total. The molecule has 0 saturated heterocycles. The van der Waals surface area contributed by atoms with Crippen molar-refractivity contribution in [1.29, 1.82) is 0 Å². The Morgan fingerprint density at radius 1 is 0.304 bits per heavy atom. The van der Waals surface area contributed by atoms with E-state index in [0.29, 0.717) is 0 Å². The largest absolute Gasteiger partial charge is 0.0654 e. The Balaban J connectivity index is 1.98. The Kier molecular flexibility index (Phi) is 19.4. The van der Waals surface area contributed by atoms with E-state index in [2.05, 4.69) is 128 Å². The van der Waals surface area contributed by atoms with Crippen molar-refractivity contribution in [3.8, 4) is 22.3 Å². The highest BCUT2D eigenvalue weighted by Gasteiger charge is 2.18. The van der Waals surface area contributed by atoms with Crippen LogP contribution in [0.4, 0.5) is 0 Å². The third-order valence-corrected chi connectivity index (χ3v) is 12.0. The summed E-state index contributed by atoms with van der Waals surface area (Å²) in [5.41, 5.74) is 11.1. The number of benzene rings is 3. The molecule has 0 atom stereocenters. The molecular weight excluding hydrogens is 824 g/mol. The first-order valence-electron chi connectivity index (χ1n) is 18.5. The molecule has 0 radical (unpaired) electrons. The van der Waals surface area contributed by atoms with Crippen LogP contribution in [0.25, 0.3) is 22.3 Å². The van der Waals surface area contributed by atoms with Crippen molar-refractivity contribution < 1.29 is 0 Å². The summed E-state index contributed by atoms with van der Waals surface area (Å²) >= 11 is 16.1. The zero-order valence-electron chi connectivity index (χ0n) is 29.1. The maximum Gasteiger partial charge on any atom is 0.0261 e. The molecule has 0 fully saturated rings. The summed E-state index contributed by atoms with van der Waals surface area (Å²) in [5, 5.41) is 0. The maximum absolute atomic E-state index is 4.03. The second-order valence-electron chi connectivity index (χ2n) is 13.3. The molecule has 4 heteroatoms. The van der Waals surface area contributed by atoms with E-state index in [4.69, 9.17) is 0 Å². The molecule has 0 spiro atoms. The molecular formula is C42H58Br4. The van der Waals surface area contributed by atoms with Gasteiger partial charge in [0.15, 0.2) is 0 Å². The maximum atomic E-state index is 4.03. The molecule has 0 bridgehead atoms. The summed E-state index contributed by atoms with van der Waals surface area (Å²) < 4.78 is 4.66. The standard InChI is InChI=1S/C42H58Br4/c1-5-9-13-17-21-31-25-35(39(43)27-33(31)23-19-15-11-7-3)37-29-42(46)38(30-41(37)45)36-26-32(22-18-14-10-6-2)34(28-40(36)44)24-20-16-12-8-4/h25-30H,5-24H2,1-4H3. The molecule has 0 N–H and O–H groups in total. The van der Waals surface area contributed by atoms with E-state index in [-0.39, 0.29) is 0 Å². The van der Waals surface area contributed by atoms with Crippen LogP contribution in [0.15, 0.2) is 54.3 Å². The summed E-state index contributed by atoms with van der Waals surface area (Å²) in [7, 11) is 0. The van der Waals surface area contributed by atoms with Gasteiger partial charge in [-0.1, -0.05) is 168 Å². The van der Waals surface area contributed by atoms with E-state index in [1.54, 1.807) is 0 Å². The predicted octanol–water partition coefficient (Wildman–Crippen LogP) is 16.6. The molecule has 3 rings (SSSR count). The second-order valence-corrected chi connectivity index (χ2v) is 16.7. The number of hydrogen-bond donors (Lipinski definition) is 0. The summed E-state index contributed by atoms with van der Waals surface area (Å²) in [6, 6.07) is 14.5. The fourth-order valence-corrected chi connectivity index (χ4v) is 8.91. The monoisotopic (exact) mass is 878 g/mol. The molecule has 46 heavy (non-hydrogen) atoms. The van der Waals surface area contributed by atoms with Crippen molar-refractivity contribution in [3.63, 3.8) is 0 Å². The van der Waals surface area contributed by atoms with Crippen LogP contribution in [-0.4, -0.2) is 0 Å². The van der Waals surface area contributed by atoms with Gasteiger partial charge in [0.2, 0.25) is 0 Å². The summed E-state index contributed by atoms with van der Waals surface area (Å²) in [5.74, 6) is 0. The minimum atomic E-state index is 1.14. The van der Waals surface area contributed by atoms with Gasteiger partial charge >= 0.3 is 0 Å². The molecule has 3 aromatic carbocycles. The van der Waals surface area contributed by atoms with Crippen LogP contribution in [0, 0.1) is 0 Å². The predicted molar refractivity (Wildman–Crippen MR) is 219 cm³/mol. The zero-order chi connectivity index (χ0) is 33.3. The SMILES string of the molecule is CCCCCCc1cc(Br)c(-c2cc(Br)c(-c3cc(CCCCCC)c(CCCCCC)cc3Br)cc2Br)cc1CCCCCC. The lowest BCUT2D eigenvalue weighted by molar-refractivity contribution is 0.650. The van der Waals surface area contributed by atoms with Crippen LogP contribution < -0.4 is 0 Å². The van der Waals surface area contributed by atoms with Gasteiger partial charge in [-0.2, -0.15) is 0 Å². The summed E-state index contributed by atoms with van der Waals surface area (Å²) in [6.45, 7) is 9.18. The Morgan fingerprint density at radius 2 is 0.543 bits per heavy atom. The minimum Gasteiger partial charge on any atom is -0.0654 e. The van der Waals surface area contributed by atoms with Gasteiger partial charge in [0, 0.05) is 17.9 Å². The lowest BCUT2D eigenvalue weighted by Crippen LogP contribution is -1.99. The first-order valence-corrected chi connectivity index (χ1v) is 21.6. The van der Waals surface area contributed by atoms with Gasteiger partial charge < -0.3 is 0 Å². The highest BCUT2D eigenvalue weighted by molar-refractivity contribution is 9.11. The van der Waals surface area contributed by atoms with Crippen LogP contribution in [-0.2, 0) is 25.7 Å². The molecule has 0 heterocycles. The fraction of sp³-hybridized carbons (Fsp3) is 0.571. The highest BCUT2D eigenvalue weighted by Crippen LogP contribution is 2.44. The number of rotatable bonds is 22. The van der Waals surface area contributed by atoms with Crippen molar-refractivity contribution in [1.82, 2.24) is 0 Å². The summed E-state index contributed by atoms with van der Waals surface area (Å²) in [6.07, 6.45) is 25.5. The van der Waals surface area contributed by atoms with Gasteiger partial charge in [-0.15, -0.1) is 0 Å². The third-order valence-electron chi connectivity index (χ3n) is 9.41. The van der Waals surface area contributed by atoms with Gasteiger partial charge in [-0.25, -0.2) is 0 Å². The van der Waals surface area contributed by atoms with Crippen molar-refractivity contribution >= 4 is 63.7 Å². The molecule has 0 amide bonds. The Hall–Kier alpha value is -0.420. The fourth-order valence-electron chi connectivity index (χ4n) is 6.59. The second kappa shape index (κ2) is 22.3. The zero-order valence-corrected chi connectivity index (χ0v) is 35.5. The summed E-state index contributed by atoms with van der Waals surface area (Å²) in [4.78, 5) is 0. The first-order chi connectivity index (χ1) is 22.3. The van der Waals surface area contributed by atoms with E-state index in [1.165, 1.54) is 182 Å². The van der Waals surface area contributed by atoms with Gasteiger partial charge in [0.05, 0.1) is 0 Å². The Bertz CT molecular complexity index is 1240. The highest BCUT2D eigenvalue weighted by atomic mass is 79.9. The van der Waals surface area contributed by atoms with Gasteiger partial charge in [-0.05, 0) is 132 Å². The van der Waals surface area contributed by atoms with Crippen molar-refractivity contribution in [2.45, 2.75) is 156 Å². The number of hydrogen-bond acceptors (Lipinski definition) is 0. The van der Waals surface area contributed by atoms with E-state index < -0.39 is 0 Å². The van der Waals surface area contributed by atoms with Crippen LogP contribution >= 0.6 is 63.7 Å². The molecule has 3 aromatic rings. The quantitative estimate of drug-likeness (QED) is 0.0882. The van der Waals surface area contributed by atoms with Crippen molar-refractivity contribution in [2.24, 2.45) is 0 Å². The Labute approximate surface area is 316 Å². The molecule has 0 saturated carbocycles. The molecule has 0 aliphatic heterocycles. The molecule has 0 aliphatic rings. The Morgan fingerprint density at radius 3 is 0.826 bits per heavy atom. The van der Waals surface area contributed by atoms with Crippen molar-refractivity contribution in [3.05, 3.63) is 76.5 Å². The van der Waals surface area contributed by atoms with E-state index >= 15 is 0 Å². The molecule has 0 aliphatic carbocycles. The lowest BCUT2D eigenvalue weighted by atomic mass is 9.91. The van der Waals surface area contributed by atoms with Crippen molar-refractivity contribution in [2.75, 3.05) is 0 Å². The van der Waals surface area contributed by atoms with Gasteiger partial charge in [0.1, 0.15) is 0 Å². The van der Waals surface area contributed by atoms with Crippen LogP contribution in [0.5, 0.6) is 0 Å². The van der Waals surface area contributed by atoms with Gasteiger partial charge in [0.25, 0.3) is 0 Å². The third kappa shape index (κ3) is 12.5. The lowest BCUT2D eigenvalue weighted by Gasteiger charge is -2.19. The molecule has 0 aromatic heterocycles. The van der Waals surface area contributed by atoms with E-state index in [0.717, 1.165) is 8.95 Å². The van der Waals surface area contributed by atoms with Crippen LogP contribution in [0.1, 0.15) is 153 Å². The number of unbranched alkanes of at least 4 members (excludes halogenated alkanes) is 12.